The molecule has 2 rings (SSSR count). The molecule has 108 valence electrons. The van der Waals surface area contributed by atoms with E-state index in [0.29, 0.717) is 10.8 Å². The number of nitrogens with zero attached hydrogens (tertiary/aromatic N) is 1. The number of rotatable bonds is 4. The SMILES string of the molecule is O=C(COc1ccccc1Cl)NNC(=O)c1ccccn1. The molecule has 0 aliphatic carbocycles. The third kappa shape index (κ3) is 4.47. The Bertz CT molecular complexity index is 634. The second-order valence-corrected chi connectivity index (χ2v) is 4.34. The van der Waals surface area contributed by atoms with Crippen LogP contribution in [-0.4, -0.2) is 23.4 Å². The molecule has 6 nitrogen and oxygen atoms in total. The van der Waals surface area contributed by atoms with Crippen LogP contribution >= 0.6 is 11.6 Å². The maximum absolute atomic E-state index is 11.6. The van der Waals surface area contributed by atoms with Crippen LogP contribution in [0.4, 0.5) is 0 Å². The van der Waals surface area contributed by atoms with Crippen molar-refractivity contribution in [3.05, 3.63) is 59.4 Å². The van der Waals surface area contributed by atoms with Gasteiger partial charge in [0.1, 0.15) is 11.4 Å². The van der Waals surface area contributed by atoms with Gasteiger partial charge in [-0.2, -0.15) is 0 Å². The predicted molar refractivity (Wildman–Crippen MR) is 76.8 cm³/mol. The van der Waals surface area contributed by atoms with Crippen molar-refractivity contribution in [2.24, 2.45) is 0 Å². The Kier molecular flexibility index (Phi) is 5.11. The van der Waals surface area contributed by atoms with E-state index in [1.54, 1.807) is 36.4 Å². The molecule has 1 aromatic heterocycles. The maximum atomic E-state index is 11.6. The highest BCUT2D eigenvalue weighted by atomic mass is 35.5. The number of halogens is 1. The molecule has 0 spiro atoms. The van der Waals surface area contributed by atoms with Crippen LogP contribution in [-0.2, 0) is 4.79 Å². The van der Waals surface area contributed by atoms with Crippen LogP contribution in [0.2, 0.25) is 5.02 Å². The number of benzene rings is 1. The van der Waals surface area contributed by atoms with Crippen molar-refractivity contribution < 1.29 is 14.3 Å². The average molecular weight is 306 g/mol. The van der Waals surface area contributed by atoms with Gasteiger partial charge in [0.25, 0.3) is 11.8 Å². The van der Waals surface area contributed by atoms with Gasteiger partial charge in [0, 0.05) is 6.20 Å². The average Bonchev–Trinajstić information content (AvgIpc) is 2.52. The van der Waals surface area contributed by atoms with Crippen molar-refractivity contribution >= 4 is 23.4 Å². The molecule has 1 heterocycles. The third-order valence-corrected chi connectivity index (χ3v) is 2.72. The summed E-state index contributed by atoms with van der Waals surface area (Å²) < 4.78 is 5.23. The zero-order chi connectivity index (χ0) is 15.1. The molecule has 7 heteroatoms. The number of pyridine rings is 1. The van der Waals surface area contributed by atoms with Crippen LogP contribution in [0.5, 0.6) is 5.75 Å². The van der Waals surface area contributed by atoms with Crippen LogP contribution in [0.1, 0.15) is 10.5 Å². The smallest absolute Gasteiger partial charge is 0.288 e. The van der Waals surface area contributed by atoms with E-state index in [1.165, 1.54) is 12.3 Å². The lowest BCUT2D eigenvalue weighted by Crippen LogP contribution is -2.44. The quantitative estimate of drug-likeness (QED) is 0.840. The summed E-state index contributed by atoms with van der Waals surface area (Å²) in [6.45, 7) is -0.272. The Hall–Kier alpha value is -2.60. The standard InChI is InChI=1S/C14H12ClN3O3/c15-10-5-1-2-7-12(10)21-9-13(19)17-18-14(20)11-6-3-4-8-16-11/h1-8H,9H2,(H,17,19)(H,18,20). The lowest BCUT2D eigenvalue weighted by Gasteiger charge is -2.09. The van der Waals surface area contributed by atoms with Crippen LogP contribution in [0, 0.1) is 0 Å². The Morgan fingerprint density at radius 2 is 1.86 bits per heavy atom. The minimum atomic E-state index is -0.515. The molecule has 2 amide bonds. The minimum absolute atomic E-state index is 0.199. The Balaban J connectivity index is 1.78. The Labute approximate surface area is 126 Å². The number of hydrogen-bond acceptors (Lipinski definition) is 4. The molecular weight excluding hydrogens is 294 g/mol. The van der Waals surface area contributed by atoms with Crippen molar-refractivity contribution in [3.63, 3.8) is 0 Å². The van der Waals surface area contributed by atoms with E-state index in [0.717, 1.165) is 0 Å². The second kappa shape index (κ2) is 7.25. The number of para-hydroxylation sites is 1. The van der Waals surface area contributed by atoms with Gasteiger partial charge in [0.15, 0.2) is 6.61 Å². The number of hydrazine groups is 1. The molecule has 0 fully saturated rings. The van der Waals surface area contributed by atoms with E-state index in [1.807, 2.05) is 0 Å². The number of amides is 2. The Morgan fingerprint density at radius 1 is 1.10 bits per heavy atom. The molecule has 2 N–H and O–H groups in total. The van der Waals surface area contributed by atoms with Gasteiger partial charge in [-0.05, 0) is 24.3 Å². The van der Waals surface area contributed by atoms with E-state index >= 15 is 0 Å². The molecular formula is C14H12ClN3O3. The van der Waals surface area contributed by atoms with Gasteiger partial charge in [-0.1, -0.05) is 29.8 Å². The van der Waals surface area contributed by atoms with Gasteiger partial charge in [0.05, 0.1) is 5.02 Å². The first kappa shape index (κ1) is 14.8. The Morgan fingerprint density at radius 3 is 2.57 bits per heavy atom. The lowest BCUT2D eigenvalue weighted by atomic mass is 10.3. The highest BCUT2D eigenvalue weighted by Gasteiger charge is 2.09. The summed E-state index contributed by atoms with van der Waals surface area (Å²) in [6, 6.07) is 11.7. The number of carbonyl (C=O) groups excluding carboxylic acids is 2. The molecule has 1 aromatic carbocycles. The number of ether oxygens (including phenoxy) is 1. The molecule has 2 aromatic rings. The highest BCUT2D eigenvalue weighted by molar-refractivity contribution is 6.32. The minimum Gasteiger partial charge on any atom is -0.482 e. The van der Waals surface area contributed by atoms with Crippen LogP contribution in [0.3, 0.4) is 0 Å². The number of carbonyl (C=O) groups is 2. The number of hydrogen-bond donors (Lipinski definition) is 2. The molecule has 0 saturated carbocycles. The molecule has 0 atom stereocenters. The molecule has 0 bridgehead atoms. The molecule has 0 unspecified atom stereocenters. The number of aromatic nitrogens is 1. The van der Waals surface area contributed by atoms with Crippen molar-refractivity contribution in [1.29, 1.82) is 0 Å². The van der Waals surface area contributed by atoms with Gasteiger partial charge in [-0.15, -0.1) is 0 Å². The van der Waals surface area contributed by atoms with E-state index in [4.69, 9.17) is 16.3 Å². The monoisotopic (exact) mass is 305 g/mol. The van der Waals surface area contributed by atoms with Crippen LogP contribution < -0.4 is 15.6 Å². The molecule has 0 aliphatic rings. The summed E-state index contributed by atoms with van der Waals surface area (Å²) in [5, 5.41) is 0.405. The topological polar surface area (TPSA) is 80.3 Å². The molecule has 0 aliphatic heterocycles. The van der Waals surface area contributed by atoms with Gasteiger partial charge >= 0.3 is 0 Å². The predicted octanol–water partition coefficient (Wildman–Crippen LogP) is 1.57. The first-order chi connectivity index (χ1) is 10.2. The van der Waals surface area contributed by atoms with Gasteiger partial charge in [-0.3, -0.25) is 25.4 Å². The van der Waals surface area contributed by atoms with Crippen molar-refractivity contribution in [2.75, 3.05) is 6.61 Å². The normalized spacial score (nSPS) is 9.76. The molecule has 21 heavy (non-hydrogen) atoms. The fourth-order valence-corrected chi connectivity index (χ4v) is 1.62. The largest absolute Gasteiger partial charge is 0.482 e. The third-order valence-electron chi connectivity index (χ3n) is 2.41. The van der Waals surface area contributed by atoms with E-state index in [2.05, 4.69) is 15.8 Å². The fourth-order valence-electron chi connectivity index (χ4n) is 1.43. The molecule has 0 radical (unpaired) electrons. The first-order valence-electron chi connectivity index (χ1n) is 6.04. The second-order valence-electron chi connectivity index (χ2n) is 3.94. The van der Waals surface area contributed by atoms with Gasteiger partial charge in [-0.25, -0.2) is 0 Å². The van der Waals surface area contributed by atoms with Gasteiger partial charge in [0.2, 0.25) is 0 Å². The first-order valence-corrected chi connectivity index (χ1v) is 6.42. The summed E-state index contributed by atoms with van der Waals surface area (Å²) in [6.07, 6.45) is 1.48. The number of nitrogens with one attached hydrogen (secondary N) is 2. The van der Waals surface area contributed by atoms with Crippen LogP contribution in [0.25, 0.3) is 0 Å². The zero-order valence-corrected chi connectivity index (χ0v) is 11.6. The zero-order valence-electron chi connectivity index (χ0n) is 10.9. The van der Waals surface area contributed by atoms with Crippen molar-refractivity contribution in [2.45, 2.75) is 0 Å². The van der Waals surface area contributed by atoms with E-state index < -0.39 is 11.8 Å². The maximum Gasteiger partial charge on any atom is 0.288 e. The summed E-state index contributed by atoms with van der Waals surface area (Å²) in [4.78, 5) is 27.0. The van der Waals surface area contributed by atoms with Crippen molar-refractivity contribution in [3.8, 4) is 5.75 Å². The van der Waals surface area contributed by atoms with E-state index in [-0.39, 0.29) is 12.3 Å². The molecule has 0 saturated heterocycles. The summed E-state index contributed by atoms with van der Waals surface area (Å²) in [5.74, 6) is -0.633. The van der Waals surface area contributed by atoms with E-state index in [9.17, 15) is 9.59 Å². The fraction of sp³-hybridized carbons (Fsp3) is 0.0714. The van der Waals surface area contributed by atoms with Gasteiger partial charge < -0.3 is 4.74 Å². The lowest BCUT2D eigenvalue weighted by molar-refractivity contribution is -0.123. The highest BCUT2D eigenvalue weighted by Crippen LogP contribution is 2.22. The van der Waals surface area contributed by atoms with Crippen molar-refractivity contribution in [1.82, 2.24) is 15.8 Å². The summed E-state index contributed by atoms with van der Waals surface area (Å²) >= 11 is 5.88. The van der Waals surface area contributed by atoms with Crippen LogP contribution in [0.15, 0.2) is 48.7 Å². The summed E-state index contributed by atoms with van der Waals surface area (Å²) in [5.41, 5.74) is 4.66. The summed E-state index contributed by atoms with van der Waals surface area (Å²) in [7, 11) is 0.